The highest BCUT2D eigenvalue weighted by Crippen LogP contribution is 2.32. The topological polar surface area (TPSA) is 62.7 Å². The van der Waals surface area contributed by atoms with Gasteiger partial charge in [0.2, 0.25) is 6.23 Å². The van der Waals surface area contributed by atoms with Crippen molar-refractivity contribution in [2.75, 3.05) is 18.0 Å². The van der Waals surface area contributed by atoms with Gasteiger partial charge in [0.25, 0.3) is 0 Å². The van der Waals surface area contributed by atoms with Crippen LogP contribution in [0.3, 0.4) is 0 Å². The Morgan fingerprint density at radius 3 is 2.11 bits per heavy atom. The number of halogens is 1. The average Bonchev–Trinajstić information content (AvgIpc) is 3.46. The molecular formula is C30H50ClN3O3S. The van der Waals surface area contributed by atoms with Gasteiger partial charge in [0.1, 0.15) is 4.34 Å². The molecule has 8 heteroatoms. The van der Waals surface area contributed by atoms with E-state index in [1.54, 1.807) is 4.90 Å². The van der Waals surface area contributed by atoms with Gasteiger partial charge in [-0.05, 0) is 25.7 Å². The monoisotopic (exact) mass is 567 g/mol. The fraction of sp³-hybridized carbons (Fsp3) is 0.767. The molecule has 0 aliphatic carbocycles. The predicted molar refractivity (Wildman–Crippen MR) is 160 cm³/mol. The van der Waals surface area contributed by atoms with E-state index >= 15 is 0 Å². The molecule has 2 heterocycles. The van der Waals surface area contributed by atoms with Crippen LogP contribution in [0.1, 0.15) is 129 Å². The van der Waals surface area contributed by atoms with Gasteiger partial charge in [0.15, 0.2) is 5.13 Å². The van der Waals surface area contributed by atoms with E-state index in [0.717, 1.165) is 38.5 Å². The van der Waals surface area contributed by atoms with Crippen LogP contribution in [0.2, 0.25) is 4.34 Å². The Kier molecular flexibility index (Phi) is 17.4. The number of allylic oxidation sites excluding steroid dienone is 1. The molecule has 1 saturated heterocycles. The summed E-state index contributed by atoms with van der Waals surface area (Å²) >= 11 is 7.28. The first-order valence-corrected chi connectivity index (χ1v) is 16.3. The maximum atomic E-state index is 13.0. The standard InChI is InChI=1S/C30H50ClN3O3S/c1-3-5-7-9-10-11-12-13-14-15-16-17-18-19-20-22-28(35)37-27-25-33(23-21-8-6-4-2)30(36)34(27)29-32-24-26(31)38-29/h4,24,27H,2-3,5-23,25H2,1H3. The molecule has 6 nitrogen and oxygen atoms in total. The molecule has 38 heavy (non-hydrogen) atoms. The van der Waals surface area contributed by atoms with Crippen molar-refractivity contribution >= 4 is 40.1 Å². The molecular weight excluding hydrogens is 518 g/mol. The van der Waals surface area contributed by atoms with Crippen LogP contribution in [0.15, 0.2) is 18.9 Å². The predicted octanol–water partition coefficient (Wildman–Crippen LogP) is 9.53. The molecule has 0 N–H and O–H groups in total. The minimum atomic E-state index is -0.659. The Hall–Kier alpha value is -1.60. The molecule has 2 amide bonds. The van der Waals surface area contributed by atoms with Gasteiger partial charge in [0.05, 0.1) is 12.7 Å². The Labute approximate surface area is 240 Å². The van der Waals surface area contributed by atoms with Crippen molar-refractivity contribution in [1.29, 1.82) is 0 Å². The third-order valence-electron chi connectivity index (χ3n) is 7.15. The van der Waals surface area contributed by atoms with Crippen molar-refractivity contribution in [3.8, 4) is 0 Å². The SMILES string of the molecule is C=CCCCCN1CC(OC(=O)CCCCCCCCCCCCCCCCC)N(c2ncc(Cl)s2)C1=O. The number of carbonyl (C=O) groups excluding carboxylic acids is 2. The summed E-state index contributed by atoms with van der Waals surface area (Å²) in [6.45, 7) is 6.99. The number of ether oxygens (including phenoxy) is 1. The highest BCUT2D eigenvalue weighted by molar-refractivity contribution is 7.19. The summed E-state index contributed by atoms with van der Waals surface area (Å²) < 4.78 is 6.27. The minimum Gasteiger partial charge on any atom is -0.439 e. The summed E-state index contributed by atoms with van der Waals surface area (Å²) in [5.74, 6) is -0.251. The highest BCUT2D eigenvalue weighted by atomic mass is 35.5. The van der Waals surface area contributed by atoms with Gasteiger partial charge >= 0.3 is 12.0 Å². The quantitative estimate of drug-likeness (QED) is 0.0750. The van der Waals surface area contributed by atoms with Crippen LogP contribution in [-0.2, 0) is 9.53 Å². The van der Waals surface area contributed by atoms with Crippen LogP contribution < -0.4 is 4.90 Å². The van der Waals surface area contributed by atoms with E-state index in [1.165, 1.54) is 99.5 Å². The summed E-state index contributed by atoms with van der Waals surface area (Å²) in [6, 6.07) is -0.181. The van der Waals surface area contributed by atoms with E-state index in [1.807, 2.05) is 6.08 Å². The number of amides is 2. The van der Waals surface area contributed by atoms with Crippen molar-refractivity contribution in [2.24, 2.45) is 0 Å². The van der Waals surface area contributed by atoms with Gasteiger partial charge < -0.3 is 9.64 Å². The summed E-state index contributed by atoms with van der Waals surface area (Å²) in [5.41, 5.74) is 0. The third-order valence-corrected chi connectivity index (χ3v) is 8.26. The van der Waals surface area contributed by atoms with Crippen molar-refractivity contribution in [3.05, 3.63) is 23.2 Å². The lowest BCUT2D eigenvalue weighted by molar-refractivity contribution is -0.148. The van der Waals surface area contributed by atoms with E-state index in [0.29, 0.717) is 29.0 Å². The van der Waals surface area contributed by atoms with Crippen LogP contribution in [0, 0.1) is 0 Å². The fourth-order valence-corrected chi connectivity index (χ4v) is 5.84. The first kappa shape index (κ1) is 32.6. The molecule has 0 saturated carbocycles. The molecule has 1 aromatic rings. The molecule has 2 rings (SSSR count). The van der Waals surface area contributed by atoms with E-state index in [-0.39, 0.29) is 12.0 Å². The fourth-order valence-electron chi connectivity index (χ4n) is 4.91. The zero-order valence-corrected chi connectivity index (χ0v) is 25.2. The Morgan fingerprint density at radius 2 is 1.58 bits per heavy atom. The number of urea groups is 1. The van der Waals surface area contributed by atoms with E-state index in [9.17, 15) is 9.59 Å². The number of rotatable bonds is 23. The van der Waals surface area contributed by atoms with Crippen LogP contribution in [0.5, 0.6) is 0 Å². The lowest BCUT2D eigenvalue weighted by Gasteiger charge is -2.20. The average molecular weight is 568 g/mol. The number of nitrogens with zero attached hydrogens (tertiary/aromatic N) is 3. The summed E-state index contributed by atoms with van der Waals surface area (Å²) in [5, 5.41) is 0.471. The zero-order chi connectivity index (χ0) is 27.4. The molecule has 1 atom stereocenters. The van der Waals surface area contributed by atoms with Crippen molar-refractivity contribution in [3.63, 3.8) is 0 Å². The molecule has 0 bridgehead atoms. The number of aromatic nitrogens is 1. The van der Waals surface area contributed by atoms with Crippen molar-refractivity contribution < 1.29 is 14.3 Å². The smallest absolute Gasteiger partial charge is 0.329 e. The number of thiazole rings is 1. The van der Waals surface area contributed by atoms with Gasteiger partial charge in [-0.15, -0.1) is 6.58 Å². The molecule has 0 radical (unpaired) electrons. The molecule has 1 fully saturated rings. The molecule has 0 aromatic carbocycles. The number of unbranched alkanes of at least 4 members (excludes halogenated alkanes) is 16. The maximum absolute atomic E-state index is 13.0. The summed E-state index contributed by atoms with van der Waals surface area (Å²) in [6.07, 6.45) is 25.3. The third kappa shape index (κ3) is 13.0. The normalized spacial score (nSPS) is 15.4. The number of hydrogen-bond acceptors (Lipinski definition) is 5. The largest absolute Gasteiger partial charge is 0.439 e. The first-order chi connectivity index (χ1) is 18.6. The van der Waals surface area contributed by atoms with Gasteiger partial charge in [-0.1, -0.05) is 126 Å². The maximum Gasteiger partial charge on any atom is 0.329 e. The van der Waals surface area contributed by atoms with Gasteiger partial charge in [0, 0.05) is 13.0 Å². The Balaban J connectivity index is 1.58. The van der Waals surface area contributed by atoms with Crippen LogP contribution in [-0.4, -0.2) is 41.2 Å². The molecule has 0 spiro atoms. The second-order valence-corrected chi connectivity index (χ2v) is 12.1. The van der Waals surface area contributed by atoms with E-state index < -0.39 is 6.23 Å². The van der Waals surface area contributed by atoms with E-state index in [4.69, 9.17) is 16.3 Å². The Morgan fingerprint density at radius 1 is 1.00 bits per heavy atom. The second-order valence-electron chi connectivity index (χ2n) is 10.5. The molecule has 216 valence electrons. The summed E-state index contributed by atoms with van der Waals surface area (Å²) in [4.78, 5) is 33.1. The second kappa shape index (κ2) is 20.3. The lowest BCUT2D eigenvalue weighted by atomic mass is 10.0. The highest BCUT2D eigenvalue weighted by Gasteiger charge is 2.41. The molecule has 1 aliphatic heterocycles. The summed E-state index contributed by atoms with van der Waals surface area (Å²) in [7, 11) is 0. The number of hydrogen-bond donors (Lipinski definition) is 0. The number of carbonyl (C=O) groups is 2. The molecule has 1 unspecified atom stereocenters. The van der Waals surface area contributed by atoms with Gasteiger partial charge in [-0.2, -0.15) is 0 Å². The number of anilines is 1. The Bertz CT molecular complexity index is 803. The minimum absolute atomic E-state index is 0.181. The molecule has 1 aliphatic rings. The van der Waals surface area contributed by atoms with Gasteiger partial charge in [-0.3, -0.25) is 4.79 Å². The lowest BCUT2D eigenvalue weighted by Crippen LogP contribution is -2.37. The van der Waals surface area contributed by atoms with Crippen molar-refractivity contribution in [1.82, 2.24) is 9.88 Å². The first-order valence-electron chi connectivity index (χ1n) is 15.1. The van der Waals surface area contributed by atoms with Gasteiger partial charge in [-0.25, -0.2) is 14.7 Å². The zero-order valence-electron chi connectivity index (χ0n) is 23.6. The van der Waals surface area contributed by atoms with E-state index in [2.05, 4.69) is 18.5 Å². The van der Waals surface area contributed by atoms with Crippen LogP contribution >= 0.6 is 22.9 Å². The molecule has 1 aromatic heterocycles. The number of esters is 1. The van der Waals surface area contributed by atoms with Crippen LogP contribution in [0.25, 0.3) is 0 Å². The van der Waals surface area contributed by atoms with Crippen LogP contribution in [0.4, 0.5) is 9.93 Å². The van der Waals surface area contributed by atoms with Crippen molar-refractivity contribution in [2.45, 2.75) is 135 Å².